The van der Waals surface area contributed by atoms with E-state index >= 15 is 0 Å². The molecular formula is C9H18N2O. The molecule has 0 aromatic carbocycles. The highest BCUT2D eigenvalue weighted by Gasteiger charge is 2.28. The molecule has 0 aromatic heterocycles. The van der Waals surface area contributed by atoms with Crippen LogP contribution in [0.2, 0.25) is 0 Å². The maximum absolute atomic E-state index is 10.4. The fourth-order valence-electron chi connectivity index (χ4n) is 1.94. The summed E-state index contributed by atoms with van der Waals surface area (Å²) >= 11 is 0. The lowest BCUT2D eigenvalue weighted by Crippen LogP contribution is -2.50. The van der Waals surface area contributed by atoms with E-state index in [9.17, 15) is 4.79 Å². The van der Waals surface area contributed by atoms with E-state index in [4.69, 9.17) is 5.73 Å². The van der Waals surface area contributed by atoms with Crippen molar-refractivity contribution in [1.82, 2.24) is 5.32 Å². The smallest absolute Gasteiger partial charge is 0.207 e. The number of hydrogen-bond donors (Lipinski definition) is 2. The molecule has 1 aliphatic rings. The van der Waals surface area contributed by atoms with Crippen molar-refractivity contribution in [1.29, 1.82) is 0 Å². The third-order valence-corrected chi connectivity index (χ3v) is 2.82. The van der Waals surface area contributed by atoms with Gasteiger partial charge in [0.15, 0.2) is 0 Å². The van der Waals surface area contributed by atoms with E-state index in [2.05, 4.69) is 5.32 Å². The monoisotopic (exact) mass is 170 g/mol. The van der Waals surface area contributed by atoms with Gasteiger partial charge in [0.05, 0.1) is 5.54 Å². The highest BCUT2D eigenvalue weighted by Crippen LogP contribution is 2.25. The molecule has 3 N–H and O–H groups in total. The summed E-state index contributed by atoms with van der Waals surface area (Å²) in [4.78, 5) is 10.4. The Morgan fingerprint density at radius 1 is 1.25 bits per heavy atom. The van der Waals surface area contributed by atoms with E-state index in [0.29, 0.717) is 6.54 Å². The molecule has 70 valence electrons. The lowest BCUT2D eigenvalue weighted by Gasteiger charge is -2.30. The maximum Gasteiger partial charge on any atom is 0.207 e. The minimum atomic E-state index is -0.0851. The number of amides is 1. The Morgan fingerprint density at radius 2 is 1.83 bits per heavy atom. The zero-order chi connectivity index (χ0) is 8.86. The molecule has 1 saturated carbocycles. The van der Waals surface area contributed by atoms with E-state index in [1.165, 1.54) is 25.7 Å². The van der Waals surface area contributed by atoms with Crippen LogP contribution in [0.3, 0.4) is 0 Å². The van der Waals surface area contributed by atoms with Crippen LogP contribution in [0.4, 0.5) is 0 Å². The molecule has 0 aliphatic heterocycles. The normalized spacial score (nSPS) is 22.8. The molecule has 0 saturated heterocycles. The van der Waals surface area contributed by atoms with Gasteiger partial charge in [0, 0.05) is 6.54 Å². The van der Waals surface area contributed by atoms with Crippen LogP contribution in [0.25, 0.3) is 0 Å². The molecule has 12 heavy (non-hydrogen) atoms. The van der Waals surface area contributed by atoms with Crippen molar-refractivity contribution < 1.29 is 4.79 Å². The standard InChI is InChI=1S/C9H18N2O/c10-7-9(11-8-12)5-3-1-2-4-6-9/h8H,1-7,10H2,(H,11,12). The molecule has 0 radical (unpaired) electrons. The Hall–Kier alpha value is -0.570. The van der Waals surface area contributed by atoms with Crippen molar-refractivity contribution in [3.8, 4) is 0 Å². The van der Waals surface area contributed by atoms with Crippen LogP contribution in [0.1, 0.15) is 38.5 Å². The minimum absolute atomic E-state index is 0.0851. The van der Waals surface area contributed by atoms with E-state index in [0.717, 1.165) is 19.3 Å². The summed E-state index contributed by atoms with van der Waals surface area (Å²) < 4.78 is 0. The number of hydrogen-bond acceptors (Lipinski definition) is 2. The predicted molar refractivity (Wildman–Crippen MR) is 48.7 cm³/mol. The second-order valence-corrected chi connectivity index (χ2v) is 3.66. The second kappa shape index (κ2) is 4.45. The quantitative estimate of drug-likeness (QED) is 0.486. The van der Waals surface area contributed by atoms with Gasteiger partial charge in [-0.3, -0.25) is 4.79 Å². The Labute approximate surface area is 73.7 Å². The van der Waals surface area contributed by atoms with Gasteiger partial charge in [-0.2, -0.15) is 0 Å². The summed E-state index contributed by atoms with van der Waals surface area (Å²) in [6.45, 7) is 0.575. The lowest BCUT2D eigenvalue weighted by atomic mass is 9.91. The lowest BCUT2D eigenvalue weighted by molar-refractivity contribution is -0.111. The van der Waals surface area contributed by atoms with E-state index < -0.39 is 0 Å². The second-order valence-electron chi connectivity index (χ2n) is 3.66. The molecule has 3 heteroatoms. The molecule has 0 heterocycles. The molecule has 0 bridgehead atoms. The molecule has 1 rings (SSSR count). The third-order valence-electron chi connectivity index (χ3n) is 2.82. The van der Waals surface area contributed by atoms with Crippen LogP contribution in [0.15, 0.2) is 0 Å². The van der Waals surface area contributed by atoms with Crippen molar-refractivity contribution in [2.45, 2.75) is 44.1 Å². The fourth-order valence-corrected chi connectivity index (χ4v) is 1.94. The summed E-state index contributed by atoms with van der Waals surface area (Å²) in [5.74, 6) is 0. The highest BCUT2D eigenvalue weighted by molar-refractivity contribution is 5.48. The van der Waals surface area contributed by atoms with Gasteiger partial charge in [-0.25, -0.2) is 0 Å². The Morgan fingerprint density at radius 3 is 2.25 bits per heavy atom. The summed E-state index contributed by atoms with van der Waals surface area (Å²) in [5.41, 5.74) is 5.59. The number of nitrogens with two attached hydrogens (primary N) is 1. The van der Waals surface area contributed by atoms with Crippen LogP contribution in [-0.4, -0.2) is 18.5 Å². The first-order valence-electron chi connectivity index (χ1n) is 4.74. The molecule has 0 unspecified atom stereocenters. The molecule has 0 spiro atoms. The highest BCUT2D eigenvalue weighted by atomic mass is 16.1. The van der Waals surface area contributed by atoms with Crippen molar-refractivity contribution >= 4 is 6.41 Å². The fraction of sp³-hybridized carbons (Fsp3) is 0.889. The number of carbonyl (C=O) groups is 1. The molecule has 3 nitrogen and oxygen atoms in total. The molecule has 1 aliphatic carbocycles. The van der Waals surface area contributed by atoms with Crippen molar-refractivity contribution in [3.63, 3.8) is 0 Å². The van der Waals surface area contributed by atoms with Crippen LogP contribution < -0.4 is 11.1 Å². The van der Waals surface area contributed by atoms with Crippen LogP contribution >= 0.6 is 0 Å². The molecule has 1 amide bonds. The van der Waals surface area contributed by atoms with Gasteiger partial charge in [0.2, 0.25) is 6.41 Å². The number of rotatable bonds is 3. The number of nitrogens with one attached hydrogen (secondary N) is 1. The Kier molecular flexibility index (Phi) is 3.53. The van der Waals surface area contributed by atoms with Crippen molar-refractivity contribution in [2.75, 3.05) is 6.54 Å². The first-order chi connectivity index (χ1) is 5.83. The predicted octanol–water partition coefficient (Wildman–Crippen LogP) is 0.784. The minimum Gasteiger partial charge on any atom is -0.352 e. The van der Waals surface area contributed by atoms with E-state index in [1.807, 2.05) is 0 Å². The van der Waals surface area contributed by atoms with Gasteiger partial charge in [-0.1, -0.05) is 25.7 Å². The van der Waals surface area contributed by atoms with Crippen molar-refractivity contribution in [3.05, 3.63) is 0 Å². The topological polar surface area (TPSA) is 55.1 Å². The van der Waals surface area contributed by atoms with Gasteiger partial charge >= 0.3 is 0 Å². The molecule has 0 aromatic rings. The van der Waals surface area contributed by atoms with Crippen molar-refractivity contribution in [2.24, 2.45) is 5.73 Å². The van der Waals surface area contributed by atoms with Crippen LogP contribution in [0, 0.1) is 0 Å². The summed E-state index contributed by atoms with van der Waals surface area (Å²) in [6.07, 6.45) is 7.82. The zero-order valence-electron chi connectivity index (χ0n) is 7.51. The third kappa shape index (κ3) is 2.21. The van der Waals surface area contributed by atoms with E-state index in [-0.39, 0.29) is 5.54 Å². The molecule has 0 atom stereocenters. The average Bonchev–Trinajstić information content (AvgIpc) is 2.32. The summed E-state index contributed by atoms with van der Waals surface area (Å²) in [5, 5.41) is 2.88. The van der Waals surface area contributed by atoms with Crippen LogP contribution in [-0.2, 0) is 4.79 Å². The number of carbonyl (C=O) groups excluding carboxylic acids is 1. The van der Waals surface area contributed by atoms with Gasteiger partial charge < -0.3 is 11.1 Å². The Balaban J connectivity index is 2.54. The first-order valence-corrected chi connectivity index (χ1v) is 4.74. The maximum atomic E-state index is 10.4. The Bertz CT molecular complexity index is 139. The van der Waals surface area contributed by atoms with Gasteiger partial charge in [-0.05, 0) is 12.8 Å². The van der Waals surface area contributed by atoms with E-state index in [1.54, 1.807) is 0 Å². The largest absolute Gasteiger partial charge is 0.352 e. The summed E-state index contributed by atoms with van der Waals surface area (Å²) in [7, 11) is 0. The van der Waals surface area contributed by atoms with Gasteiger partial charge in [0.1, 0.15) is 0 Å². The zero-order valence-corrected chi connectivity index (χ0v) is 7.51. The van der Waals surface area contributed by atoms with Gasteiger partial charge in [0.25, 0.3) is 0 Å². The molecular weight excluding hydrogens is 152 g/mol. The molecule has 1 fully saturated rings. The van der Waals surface area contributed by atoms with Crippen LogP contribution in [0.5, 0.6) is 0 Å². The SMILES string of the molecule is NCC1(NC=O)CCCCCC1. The summed E-state index contributed by atoms with van der Waals surface area (Å²) in [6, 6.07) is 0. The average molecular weight is 170 g/mol. The first kappa shape index (κ1) is 9.52. The van der Waals surface area contributed by atoms with Gasteiger partial charge in [-0.15, -0.1) is 0 Å².